The van der Waals surface area contributed by atoms with Crippen LogP contribution in [0.4, 0.5) is 0 Å². The molecule has 1 amide bonds. The van der Waals surface area contributed by atoms with Crippen LogP contribution in [0.1, 0.15) is 70.6 Å². The van der Waals surface area contributed by atoms with E-state index < -0.39 is 0 Å². The molecule has 142 valence electrons. The van der Waals surface area contributed by atoms with E-state index in [2.05, 4.69) is 27.1 Å². The SMILES string of the molecule is CN1CCc2nc([C@H]3CCCN3C(=O)c3n[nH]c4c3CCCC4)ncc2C1. The summed E-state index contributed by atoms with van der Waals surface area (Å²) in [6.45, 7) is 2.69. The first-order valence-corrected chi connectivity index (χ1v) is 10.1. The van der Waals surface area contributed by atoms with Crippen LogP contribution < -0.4 is 0 Å². The summed E-state index contributed by atoms with van der Waals surface area (Å²) in [6, 6.07) is -0.0293. The zero-order chi connectivity index (χ0) is 18.4. The number of aryl methyl sites for hydroxylation is 1. The Morgan fingerprint density at radius 2 is 2.07 bits per heavy atom. The Hall–Kier alpha value is -2.28. The Bertz CT molecular complexity index is 875. The highest BCUT2D eigenvalue weighted by Crippen LogP contribution is 2.33. The molecule has 0 radical (unpaired) electrons. The Morgan fingerprint density at radius 3 is 3.00 bits per heavy atom. The normalized spacial score (nSPS) is 22.6. The van der Waals surface area contributed by atoms with E-state index in [0.29, 0.717) is 5.69 Å². The number of amides is 1. The fourth-order valence-electron chi connectivity index (χ4n) is 4.71. The van der Waals surface area contributed by atoms with Crippen molar-refractivity contribution in [2.75, 3.05) is 20.1 Å². The molecule has 7 heteroatoms. The van der Waals surface area contributed by atoms with Gasteiger partial charge in [0.2, 0.25) is 0 Å². The molecule has 3 aliphatic rings. The average molecular weight is 366 g/mol. The van der Waals surface area contributed by atoms with Gasteiger partial charge in [0.15, 0.2) is 11.5 Å². The van der Waals surface area contributed by atoms with Crippen LogP contribution in [0.15, 0.2) is 6.20 Å². The monoisotopic (exact) mass is 366 g/mol. The largest absolute Gasteiger partial charge is 0.327 e. The Morgan fingerprint density at radius 1 is 1.19 bits per heavy atom. The lowest BCUT2D eigenvalue weighted by atomic mass is 9.95. The second kappa shape index (κ2) is 6.71. The number of likely N-dealkylation sites (tertiary alicyclic amines) is 1. The van der Waals surface area contributed by atoms with Crippen LogP contribution in [0.5, 0.6) is 0 Å². The van der Waals surface area contributed by atoms with Crippen LogP contribution in [0.2, 0.25) is 0 Å². The number of hydrogen-bond acceptors (Lipinski definition) is 5. The van der Waals surface area contributed by atoms with Crippen LogP contribution >= 0.6 is 0 Å². The lowest BCUT2D eigenvalue weighted by molar-refractivity contribution is 0.0722. The van der Waals surface area contributed by atoms with Gasteiger partial charge in [-0.1, -0.05) is 0 Å². The van der Waals surface area contributed by atoms with Crippen molar-refractivity contribution in [2.24, 2.45) is 0 Å². The molecule has 1 aliphatic carbocycles. The van der Waals surface area contributed by atoms with E-state index in [1.165, 1.54) is 12.0 Å². The van der Waals surface area contributed by atoms with Crippen LogP contribution in [0, 0.1) is 0 Å². The summed E-state index contributed by atoms with van der Waals surface area (Å²) in [7, 11) is 2.12. The van der Waals surface area contributed by atoms with Crippen LogP contribution in [-0.2, 0) is 25.8 Å². The summed E-state index contributed by atoms with van der Waals surface area (Å²) in [6.07, 6.45) is 9.10. The van der Waals surface area contributed by atoms with E-state index in [-0.39, 0.29) is 11.9 Å². The fraction of sp³-hybridized carbons (Fsp3) is 0.600. The molecule has 1 saturated heterocycles. The summed E-state index contributed by atoms with van der Waals surface area (Å²) in [5.41, 5.74) is 5.26. The first-order chi connectivity index (χ1) is 13.2. The van der Waals surface area contributed by atoms with E-state index in [0.717, 1.165) is 80.9 Å². The predicted molar refractivity (Wildman–Crippen MR) is 100 cm³/mol. The fourth-order valence-corrected chi connectivity index (χ4v) is 4.71. The number of aromatic amines is 1. The van der Waals surface area contributed by atoms with Crippen LogP contribution in [0.3, 0.4) is 0 Å². The van der Waals surface area contributed by atoms with E-state index in [4.69, 9.17) is 4.98 Å². The molecule has 1 N–H and O–H groups in total. The minimum Gasteiger partial charge on any atom is -0.327 e. The van der Waals surface area contributed by atoms with E-state index >= 15 is 0 Å². The molecule has 0 unspecified atom stereocenters. The van der Waals surface area contributed by atoms with Crippen LogP contribution in [0.25, 0.3) is 0 Å². The molecule has 1 fully saturated rings. The topological polar surface area (TPSA) is 78.0 Å². The van der Waals surface area contributed by atoms with Gasteiger partial charge in [-0.25, -0.2) is 9.97 Å². The van der Waals surface area contributed by atoms with Gasteiger partial charge in [0, 0.05) is 54.8 Å². The maximum atomic E-state index is 13.3. The summed E-state index contributed by atoms with van der Waals surface area (Å²) in [5, 5.41) is 7.48. The molecule has 2 aromatic heterocycles. The van der Waals surface area contributed by atoms with Crippen molar-refractivity contribution < 1.29 is 4.79 Å². The highest BCUT2D eigenvalue weighted by molar-refractivity contribution is 5.94. The van der Waals surface area contributed by atoms with Gasteiger partial charge in [0.25, 0.3) is 5.91 Å². The molecule has 7 nitrogen and oxygen atoms in total. The van der Waals surface area contributed by atoms with Gasteiger partial charge >= 0.3 is 0 Å². The molecular formula is C20H26N6O. The third-order valence-corrected chi connectivity index (χ3v) is 6.21. The molecule has 0 aromatic carbocycles. The van der Waals surface area contributed by atoms with E-state index in [1.54, 1.807) is 0 Å². The van der Waals surface area contributed by atoms with Gasteiger partial charge in [-0.2, -0.15) is 5.10 Å². The van der Waals surface area contributed by atoms with Gasteiger partial charge in [-0.3, -0.25) is 9.89 Å². The number of nitrogens with zero attached hydrogens (tertiary/aromatic N) is 5. The molecule has 2 aromatic rings. The number of rotatable bonds is 2. The van der Waals surface area contributed by atoms with E-state index in [1.807, 2.05) is 11.1 Å². The lowest BCUT2D eigenvalue weighted by Gasteiger charge is -2.27. The Kier molecular flexibility index (Phi) is 4.19. The summed E-state index contributed by atoms with van der Waals surface area (Å²) < 4.78 is 0. The standard InChI is InChI=1S/C20H26N6O/c1-25-10-8-15-13(12-25)11-21-19(22-15)17-7-4-9-26(17)20(27)18-14-5-2-3-6-16(14)23-24-18/h11,17H,2-10,12H2,1H3,(H,23,24)/t17-/m1/s1. The van der Waals surface area contributed by atoms with Crippen molar-refractivity contribution in [1.29, 1.82) is 0 Å². The molecule has 1 atom stereocenters. The summed E-state index contributed by atoms with van der Waals surface area (Å²) in [5.74, 6) is 0.839. The summed E-state index contributed by atoms with van der Waals surface area (Å²) >= 11 is 0. The van der Waals surface area contributed by atoms with E-state index in [9.17, 15) is 4.79 Å². The number of hydrogen-bond donors (Lipinski definition) is 1. The van der Waals surface area contributed by atoms with Crippen molar-refractivity contribution >= 4 is 5.91 Å². The third-order valence-electron chi connectivity index (χ3n) is 6.21. The zero-order valence-corrected chi connectivity index (χ0v) is 15.9. The predicted octanol–water partition coefficient (Wildman–Crippen LogP) is 2.04. The number of aromatic nitrogens is 4. The quantitative estimate of drug-likeness (QED) is 0.880. The van der Waals surface area contributed by atoms with Crippen molar-refractivity contribution in [1.82, 2.24) is 30.0 Å². The first kappa shape index (κ1) is 16.9. The molecule has 2 aliphatic heterocycles. The van der Waals surface area contributed by atoms with Gasteiger partial charge < -0.3 is 9.80 Å². The molecular weight excluding hydrogens is 340 g/mol. The minimum absolute atomic E-state index is 0.0293. The van der Waals surface area contributed by atoms with Crippen molar-refractivity contribution in [3.8, 4) is 0 Å². The van der Waals surface area contributed by atoms with Gasteiger partial charge in [0.05, 0.1) is 6.04 Å². The number of H-pyrrole nitrogens is 1. The molecule has 0 spiro atoms. The van der Waals surface area contributed by atoms with Crippen molar-refractivity contribution in [3.63, 3.8) is 0 Å². The molecule has 5 rings (SSSR count). The number of fused-ring (bicyclic) bond motifs is 2. The van der Waals surface area contributed by atoms with Gasteiger partial charge in [-0.15, -0.1) is 0 Å². The molecule has 27 heavy (non-hydrogen) atoms. The number of nitrogens with one attached hydrogen (secondary N) is 1. The van der Waals surface area contributed by atoms with Crippen molar-refractivity contribution in [3.05, 3.63) is 40.2 Å². The average Bonchev–Trinajstić information content (AvgIpc) is 3.34. The van der Waals surface area contributed by atoms with Crippen molar-refractivity contribution in [2.45, 2.75) is 57.5 Å². The second-order valence-corrected chi connectivity index (χ2v) is 8.08. The first-order valence-electron chi connectivity index (χ1n) is 10.1. The molecule has 0 bridgehead atoms. The smallest absolute Gasteiger partial charge is 0.275 e. The maximum absolute atomic E-state index is 13.3. The minimum atomic E-state index is -0.0293. The highest BCUT2D eigenvalue weighted by Gasteiger charge is 2.35. The second-order valence-electron chi connectivity index (χ2n) is 8.08. The summed E-state index contributed by atoms with van der Waals surface area (Å²) in [4.78, 5) is 27.0. The number of carbonyl (C=O) groups is 1. The zero-order valence-electron chi connectivity index (χ0n) is 15.9. The number of likely N-dealkylation sites (N-methyl/N-ethyl adjacent to an activating group) is 1. The van der Waals surface area contributed by atoms with Gasteiger partial charge in [-0.05, 0) is 45.6 Å². The Labute approximate surface area is 159 Å². The molecule has 0 saturated carbocycles. The van der Waals surface area contributed by atoms with Crippen LogP contribution in [-0.4, -0.2) is 56.0 Å². The lowest BCUT2D eigenvalue weighted by Crippen LogP contribution is -2.33. The Balaban J connectivity index is 1.42. The third kappa shape index (κ3) is 2.94. The van der Waals surface area contributed by atoms with Gasteiger partial charge in [0.1, 0.15) is 0 Å². The number of carbonyl (C=O) groups excluding carboxylic acids is 1. The highest BCUT2D eigenvalue weighted by atomic mass is 16.2. The maximum Gasteiger partial charge on any atom is 0.275 e. The molecule has 4 heterocycles.